The van der Waals surface area contributed by atoms with Crippen LogP contribution < -0.4 is 10.2 Å². The van der Waals surface area contributed by atoms with Gasteiger partial charge < -0.3 is 10.2 Å². The number of aromatic nitrogens is 2. The van der Waals surface area contributed by atoms with E-state index in [1.807, 2.05) is 49.1 Å². The molecule has 0 atom stereocenters. The maximum Gasteiger partial charge on any atom is 0.353 e. The SMILES string of the molecule is Cc1ccc(C)c(Nc2ncnc(N3CCN(C(c4ccccc4)c4ccccc4)CC3)c2[N+](=O)[O-])c1. The molecule has 0 amide bonds. The van der Waals surface area contributed by atoms with Crippen LogP contribution in [-0.4, -0.2) is 46.0 Å². The van der Waals surface area contributed by atoms with E-state index in [1.165, 1.54) is 17.5 Å². The van der Waals surface area contributed by atoms with Gasteiger partial charge in [0.2, 0.25) is 11.6 Å². The van der Waals surface area contributed by atoms with Gasteiger partial charge in [-0.3, -0.25) is 15.0 Å². The molecule has 8 nitrogen and oxygen atoms in total. The molecule has 0 unspecified atom stereocenters. The summed E-state index contributed by atoms with van der Waals surface area (Å²) in [7, 11) is 0. The van der Waals surface area contributed by atoms with Gasteiger partial charge in [0.25, 0.3) is 0 Å². The Morgan fingerprint density at radius 3 is 2.08 bits per heavy atom. The summed E-state index contributed by atoms with van der Waals surface area (Å²) < 4.78 is 0. The summed E-state index contributed by atoms with van der Waals surface area (Å²) in [6.07, 6.45) is 1.40. The Bertz CT molecular complexity index is 1330. The number of nitro groups is 1. The second kappa shape index (κ2) is 10.8. The van der Waals surface area contributed by atoms with E-state index in [4.69, 9.17) is 0 Å². The summed E-state index contributed by atoms with van der Waals surface area (Å²) in [4.78, 5) is 24.9. The Labute approximate surface area is 216 Å². The quantitative estimate of drug-likeness (QED) is 0.262. The molecule has 1 fully saturated rings. The number of piperazine rings is 1. The van der Waals surface area contributed by atoms with Crippen molar-refractivity contribution in [3.63, 3.8) is 0 Å². The maximum absolute atomic E-state index is 12.2. The first kappa shape index (κ1) is 24.4. The number of hydrogen-bond acceptors (Lipinski definition) is 7. The smallest absolute Gasteiger partial charge is 0.348 e. The molecule has 1 aromatic heterocycles. The number of benzene rings is 3. The van der Waals surface area contributed by atoms with Crippen molar-refractivity contribution in [3.05, 3.63) is 118 Å². The molecule has 0 saturated carbocycles. The Morgan fingerprint density at radius 2 is 1.49 bits per heavy atom. The molecule has 4 aromatic rings. The predicted octanol–water partition coefficient (Wildman–Crippen LogP) is 5.66. The minimum atomic E-state index is -0.383. The van der Waals surface area contributed by atoms with Crippen LogP contribution in [-0.2, 0) is 0 Å². The standard InChI is InChI=1S/C29H30N6O2/c1-21-13-14-22(2)25(19-21)32-28-27(35(36)37)29(31-20-30-28)34-17-15-33(16-18-34)26(23-9-5-3-6-10-23)24-11-7-4-8-12-24/h3-14,19-20,26H,15-18H2,1-2H3,(H,30,31,32). The lowest BCUT2D eigenvalue weighted by molar-refractivity contribution is -0.383. The zero-order valence-corrected chi connectivity index (χ0v) is 21.0. The molecule has 0 spiro atoms. The van der Waals surface area contributed by atoms with Crippen molar-refractivity contribution in [1.82, 2.24) is 14.9 Å². The van der Waals surface area contributed by atoms with Crippen LogP contribution in [0.4, 0.5) is 23.0 Å². The highest BCUT2D eigenvalue weighted by Crippen LogP contribution is 2.36. The number of nitrogens with zero attached hydrogens (tertiary/aromatic N) is 5. The van der Waals surface area contributed by atoms with E-state index >= 15 is 0 Å². The van der Waals surface area contributed by atoms with Crippen LogP contribution in [0.25, 0.3) is 0 Å². The van der Waals surface area contributed by atoms with E-state index < -0.39 is 0 Å². The zero-order chi connectivity index (χ0) is 25.8. The van der Waals surface area contributed by atoms with Gasteiger partial charge in [-0.2, -0.15) is 0 Å². The highest BCUT2D eigenvalue weighted by molar-refractivity contribution is 5.75. The van der Waals surface area contributed by atoms with Crippen LogP contribution in [0.15, 0.2) is 85.2 Å². The van der Waals surface area contributed by atoms with Crippen LogP contribution in [0.5, 0.6) is 0 Å². The van der Waals surface area contributed by atoms with Crippen molar-refractivity contribution in [2.24, 2.45) is 0 Å². The molecule has 5 rings (SSSR count). The topological polar surface area (TPSA) is 87.4 Å². The van der Waals surface area contributed by atoms with Gasteiger partial charge >= 0.3 is 5.69 Å². The Balaban J connectivity index is 1.40. The largest absolute Gasteiger partial charge is 0.353 e. The van der Waals surface area contributed by atoms with Crippen molar-refractivity contribution < 1.29 is 4.92 Å². The monoisotopic (exact) mass is 494 g/mol. The molecule has 3 aromatic carbocycles. The molecule has 0 bridgehead atoms. The first-order valence-electron chi connectivity index (χ1n) is 12.4. The molecule has 0 aliphatic carbocycles. The molecule has 1 aliphatic heterocycles. The third-order valence-electron chi connectivity index (χ3n) is 6.84. The lowest BCUT2D eigenvalue weighted by Crippen LogP contribution is -2.48. The fourth-order valence-corrected chi connectivity index (χ4v) is 4.94. The molecule has 37 heavy (non-hydrogen) atoms. The van der Waals surface area contributed by atoms with Gasteiger partial charge in [-0.15, -0.1) is 0 Å². The van der Waals surface area contributed by atoms with Gasteiger partial charge in [-0.1, -0.05) is 72.8 Å². The van der Waals surface area contributed by atoms with Crippen LogP contribution in [0.3, 0.4) is 0 Å². The van der Waals surface area contributed by atoms with Crippen molar-refractivity contribution in [2.45, 2.75) is 19.9 Å². The van der Waals surface area contributed by atoms with Gasteiger partial charge in [-0.25, -0.2) is 9.97 Å². The molecule has 8 heteroatoms. The van der Waals surface area contributed by atoms with E-state index in [9.17, 15) is 10.1 Å². The second-order valence-electron chi connectivity index (χ2n) is 9.34. The lowest BCUT2D eigenvalue weighted by atomic mass is 9.96. The summed E-state index contributed by atoms with van der Waals surface area (Å²) in [5.41, 5.74) is 5.21. The fourth-order valence-electron chi connectivity index (χ4n) is 4.94. The molecular formula is C29H30N6O2. The van der Waals surface area contributed by atoms with Gasteiger partial charge in [0.15, 0.2) is 0 Å². The van der Waals surface area contributed by atoms with Gasteiger partial charge in [0, 0.05) is 31.9 Å². The number of rotatable bonds is 7. The second-order valence-corrected chi connectivity index (χ2v) is 9.34. The van der Waals surface area contributed by atoms with E-state index in [-0.39, 0.29) is 22.5 Å². The molecule has 188 valence electrons. The Kier molecular flexibility index (Phi) is 7.09. The molecule has 2 heterocycles. The summed E-state index contributed by atoms with van der Waals surface area (Å²) in [6.45, 7) is 6.69. The zero-order valence-electron chi connectivity index (χ0n) is 21.0. The van der Waals surface area contributed by atoms with Crippen LogP contribution in [0, 0.1) is 24.0 Å². The van der Waals surface area contributed by atoms with E-state index in [0.29, 0.717) is 18.9 Å². The average molecular weight is 495 g/mol. The lowest BCUT2D eigenvalue weighted by Gasteiger charge is -2.40. The van der Waals surface area contributed by atoms with Crippen LogP contribution in [0.2, 0.25) is 0 Å². The average Bonchev–Trinajstić information content (AvgIpc) is 2.92. The first-order chi connectivity index (χ1) is 18.0. The molecule has 1 saturated heterocycles. The third-order valence-corrected chi connectivity index (χ3v) is 6.84. The van der Waals surface area contributed by atoms with E-state index in [0.717, 1.165) is 29.9 Å². The van der Waals surface area contributed by atoms with Gasteiger partial charge in [-0.05, 0) is 42.2 Å². The highest BCUT2D eigenvalue weighted by Gasteiger charge is 2.32. The van der Waals surface area contributed by atoms with E-state index in [2.05, 4.69) is 68.7 Å². The van der Waals surface area contributed by atoms with Crippen molar-refractivity contribution in [1.29, 1.82) is 0 Å². The van der Waals surface area contributed by atoms with Crippen LogP contribution in [0.1, 0.15) is 28.3 Å². The van der Waals surface area contributed by atoms with Crippen molar-refractivity contribution in [3.8, 4) is 0 Å². The number of hydrogen-bond donors (Lipinski definition) is 1. The Morgan fingerprint density at radius 1 is 0.865 bits per heavy atom. The van der Waals surface area contributed by atoms with Gasteiger partial charge in [0.05, 0.1) is 11.0 Å². The summed E-state index contributed by atoms with van der Waals surface area (Å²) >= 11 is 0. The van der Waals surface area contributed by atoms with Crippen LogP contribution >= 0.6 is 0 Å². The normalized spacial score (nSPS) is 14.1. The maximum atomic E-state index is 12.2. The summed E-state index contributed by atoms with van der Waals surface area (Å²) in [5.74, 6) is 0.556. The molecule has 1 N–H and O–H groups in total. The predicted molar refractivity (Wildman–Crippen MR) is 146 cm³/mol. The minimum Gasteiger partial charge on any atom is -0.348 e. The fraction of sp³-hybridized carbons (Fsp3) is 0.241. The number of aryl methyl sites for hydroxylation is 2. The Hall–Kier alpha value is -4.30. The first-order valence-corrected chi connectivity index (χ1v) is 12.4. The summed E-state index contributed by atoms with van der Waals surface area (Å²) in [6, 6.07) is 27.0. The number of nitrogens with one attached hydrogen (secondary N) is 1. The molecule has 0 radical (unpaired) electrons. The third kappa shape index (κ3) is 5.29. The molecule has 1 aliphatic rings. The summed E-state index contributed by atoms with van der Waals surface area (Å²) in [5, 5.41) is 15.4. The minimum absolute atomic E-state index is 0.0977. The highest BCUT2D eigenvalue weighted by atomic mass is 16.6. The van der Waals surface area contributed by atoms with E-state index in [1.54, 1.807) is 0 Å². The molecular weight excluding hydrogens is 464 g/mol. The van der Waals surface area contributed by atoms with Crippen molar-refractivity contribution >= 4 is 23.0 Å². The van der Waals surface area contributed by atoms with Gasteiger partial charge in [0.1, 0.15) is 6.33 Å². The number of anilines is 3. The van der Waals surface area contributed by atoms with Crippen molar-refractivity contribution in [2.75, 3.05) is 36.4 Å².